The van der Waals surface area contributed by atoms with Gasteiger partial charge in [-0.2, -0.15) is 0 Å². The van der Waals surface area contributed by atoms with E-state index in [4.69, 9.17) is 13.6 Å². The van der Waals surface area contributed by atoms with Gasteiger partial charge in [0.15, 0.2) is 6.39 Å². The zero-order valence-electron chi connectivity index (χ0n) is 23.4. The first-order chi connectivity index (χ1) is 18.3. The van der Waals surface area contributed by atoms with Gasteiger partial charge >= 0.3 is 5.97 Å². The van der Waals surface area contributed by atoms with E-state index in [1.807, 2.05) is 0 Å². The summed E-state index contributed by atoms with van der Waals surface area (Å²) < 4.78 is 16.3. The SMILES string of the molecule is CC(C)CCCCCCCCCCCCC(=O)OC(CC(O)C(O)C(C)O)c1coc(Cc2cnco2)n1. The zero-order chi connectivity index (χ0) is 27.8. The molecule has 4 unspecified atom stereocenters. The third-order valence-corrected chi connectivity index (χ3v) is 6.74. The fourth-order valence-electron chi connectivity index (χ4n) is 4.40. The molecule has 2 aromatic heterocycles. The minimum atomic E-state index is -1.38. The smallest absolute Gasteiger partial charge is 0.306 e. The summed E-state index contributed by atoms with van der Waals surface area (Å²) in [5, 5.41) is 30.0. The third kappa shape index (κ3) is 13.0. The van der Waals surface area contributed by atoms with E-state index in [1.54, 1.807) is 6.20 Å². The van der Waals surface area contributed by atoms with Crippen LogP contribution in [0, 0.1) is 5.92 Å². The van der Waals surface area contributed by atoms with E-state index in [9.17, 15) is 20.1 Å². The molecule has 0 aliphatic carbocycles. The summed E-state index contributed by atoms with van der Waals surface area (Å²) in [4.78, 5) is 20.8. The molecule has 0 spiro atoms. The molecule has 0 fully saturated rings. The number of hydrogen-bond acceptors (Lipinski definition) is 9. The molecule has 0 bridgehead atoms. The molecule has 2 aromatic rings. The lowest BCUT2D eigenvalue weighted by Gasteiger charge is -2.24. The molecule has 0 radical (unpaired) electrons. The molecule has 3 N–H and O–H groups in total. The number of aromatic nitrogens is 2. The van der Waals surface area contributed by atoms with Crippen LogP contribution in [0.25, 0.3) is 0 Å². The van der Waals surface area contributed by atoms with Gasteiger partial charge in [0.25, 0.3) is 0 Å². The summed E-state index contributed by atoms with van der Waals surface area (Å²) in [6.45, 7) is 5.94. The van der Waals surface area contributed by atoms with Gasteiger partial charge in [0, 0.05) is 12.8 Å². The second kappa shape index (κ2) is 18.1. The van der Waals surface area contributed by atoms with E-state index in [-0.39, 0.29) is 19.3 Å². The van der Waals surface area contributed by atoms with Gasteiger partial charge in [0.05, 0.1) is 24.8 Å². The van der Waals surface area contributed by atoms with Crippen LogP contribution in [0.4, 0.5) is 0 Å². The summed E-state index contributed by atoms with van der Waals surface area (Å²) in [6.07, 6.45) is 13.1. The number of ether oxygens (including phenoxy) is 1. The maximum Gasteiger partial charge on any atom is 0.306 e. The maximum atomic E-state index is 12.6. The molecule has 2 heterocycles. The second-order valence-electron chi connectivity index (χ2n) is 10.8. The Morgan fingerprint density at radius 2 is 1.55 bits per heavy atom. The topological polar surface area (TPSA) is 139 Å². The van der Waals surface area contributed by atoms with Crippen molar-refractivity contribution < 1.29 is 33.7 Å². The van der Waals surface area contributed by atoms with E-state index in [0.717, 1.165) is 25.2 Å². The van der Waals surface area contributed by atoms with Crippen LogP contribution in [-0.2, 0) is 16.0 Å². The fourth-order valence-corrected chi connectivity index (χ4v) is 4.40. The summed E-state index contributed by atoms with van der Waals surface area (Å²) in [5.41, 5.74) is 0.328. The van der Waals surface area contributed by atoms with Crippen LogP contribution >= 0.6 is 0 Å². The van der Waals surface area contributed by atoms with Crippen molar-refractivity contribution in [1.82, 2.24) is 9.97 Å². The number of esters is 1. The number of unbranched alkanes of at least 4 members (excludes halogenated alkanes) is 9. The number of rotatable bonds is 21. The van der Waals surface area contributed by atoms with Crippen LogP contribution in [0.3, 0.4) is 0 Å². The molecule has 0 amide bonds. The monoisotopic (exact) mass is 536 g/mol. The van der Waals surface area contributed by atoms with Gasteiger partial charge in [-0.1, -0.05) is 78.1 Å². The average Bonchev–Trinajstić information content (AvgIpc) is 3.56. The Morgan fingerprint density at radius 3 is 2.13 bits per heavy atom. The van der Waals surface area contributed by atoms with E-state index in [1.165, 1.54) is 70.9 Å². The molecule has 0 saturated carbocycles. The average molecular weight is 537 g/mol. The molecular formula is C29H48N2O7. The molecule has 0 aliphatic heterocycles. The first-order valence-electron chi connectivity index (χ1n) is 14.3. The highest BCUT2D eigenvalue weighted by atomic mass is 16.5. The van der Waals surface area contributed by atoms with Crippen molar-refractivity contribution in [3.63, 3.8) is 0 Å². The van der Waals surface area contributed by atoms with Gasteiger partial charge in [-0.05, 0) is 19.3 Å². The Morgan fingerprint density at radius 1 is 0.921 bits per heavy atom. The van der Waals surface area contributed by atoms with Crippen molar-refractivity contribution in [3.8, 4) is 0 Å². The summed E-state index contributed by atoms with van der Waals surface area (Å²) in [7, 11) is 0. The van der Waals surface area contributed by atoms with Crippen LogP contribution in [0.15, 0.2) is 27.7 Å². The summed E-state index contributed by atoms with van der Waals surface area (Å²) in [5.74, 6) is 1.32. The van der Waals surface area contributed by atoms with E-state index in [0.29, 0.717) is 17.3 Å². The minimum absolute atomic E-state index is 0.121. The Hall–Kier alpha value is -2.23. The molecule has 9 heteroatoms. The van der Waals surface area contributed by atoms with Crippen molar-refractivity contribution in [2.24, 2.45) is 5.92 Å². The van der Waals surface area contributed by atoms with Gasteiger partial charge in [0.2, 0.25) is 5.89 Å². The molecule has 0 saturated heterocycles. The van der Waals surface area contributed by atoms with Crippen LogP contribution in [0.1, 0.15) is 128 Å². The predicted molar refractivity (Wildman–Crippen MR) is 143 cm³/mol. The number of nitrogens with zero attached hydrogens (tertiary/aromatic N) is 2. The first-order valence-corrected chi connectivity index (χ1v) is 14.3. The molecule has 4 atom stereocenters. The summed E-state index contributed by atoms with van der Waals surface area (Å²) in [6, 6.07) is 0. The third-order valence-electron chi connectivity index (χ3n) is 6.74. The van der Waals surface area contributed by atoms with Gasteiger partial charge in [-0.15, -0.1) is 0 Å². The lowest BCUT2D eigenvalue weighted by Crippen LogP contribution is -2.37. The Bertz CT molecular complexity index is 866. The van der Waals surface area contributed by atoms with Crippen LogP contribution < -0.4 is 0 Å². The Labute approximate surface area is 227 Å². The van der Waals surface area contributed by atoms with Gasteiger partial charge < -0.3 is 28.9 Å². The molecule has 2 rings (SSSR count). The zero-order valence-corrected chi connectivity index (χ0v) is 23.4. The standard InChI is InChI=1S/C29H48N2O7/c1-21(2)14-12-10-8-6-4-5-7-9-11-13-15-28(34)38-26(17-25(33)29(35)22(3)32)24-19-36-27(31-24)16-23-18-30-20-37-23/h18-22,25-26,29,32-33,35H,4-17H2,1-3H3. The highest BCUT2D eigenvalue weighted by Crippen LogP contribution is 2.26. The van der Waals surface area contributed by atoms with E-state index >= 15 is 0 Å². The highest BCUT2D eigenvalue weighted by molar-refractivity contribution is 5.69. The normalized spacial score (nSPS) is 14.9. The lowest BCUT2D eigenvalue weighted by molar-refractivity contribution is -0.153. The van der Waals surface area contributed by atoms with Gasteiger partial charge in [-0.3, -0.25) is 4.79 Å². The molecule has 216 valence electrons. The lowest BCUT2D eigenvalue weighted by atomic mass is 10.0. The van der Waals surface area contributed by atoms with Crippen molar-refractivity contribution in [3.05, 3.63) is 36.2 Å². The van der Waals surface area contributed by atoms with Gasteiger partial charge in [-0.25, -0.2) is 9.97 Å². The van der Waals surface area contributed by atoms with Crippen molar-refractivity contribution in [2.45, 2.75) is 135 Å². The maximum absolute atomic E-state index is 12.6. The molecule has 9 nitrogen and oxygen atoms in total. The van der Waals surface area contributed by atoms with Crippen LogP contribution in [0.5, 0.6) is 0 Å². The number of carbonyl (C=O) groups excluding carboxylic acids is 1. The predicted octanol–water partition coefficient (Wildman–Crippen LogP) is 5.67. The number of oxazole rings is 2. The van der Waals surface area contributed by atoms with E-state index in [2.05, 4.69) is 23.8 Å². The molecule has 38 heavy (non-hydrogen) atoms. The van der Waals surface area contributed by atoms with Crippen molar-refractivity contribution in [1.29, 1.82) is 0 Å². The Kier molecular flexibility index (Phi) is 15.3. The minimum Gasteiger partial charge on any atom is -0.456 e. The highest BCUT2D eigenvalue weighted by Gasteiger charge is 2.29. The second-order valence-corrected chi connectivity index (χ2v) is 10.8. The molecular weight excluding hydrogens is 488 g/mol. The van der Waals surface area contributed by atoms with Crippen LogP contribution in [0.2, 0.25) is 0 Å². The van der Waals surface area contributed by atoms with Crippen molar-refractivity contribution >= 4 is 5.97 Å². The van der Waals surface area contributed by atoms with Gasteiger partial charge in [0.1, 0.15) is 29.9 Å². The number of aliphatic hydroxyl groups is 3. The summed E-state index contributed by atoms with van der Waals surface area (Å²) >= 11 is 0. The largest absolute Gasteiger partial charge is 0.456 e. The quantitative estimate of drug-likeness (QED) is 0.136. The first kappa shape index (κ1) is 32.0. The number of carbonyl (C=O) groups is 1. The number of hydrogen-bond donors (Lipinski definition) is 3. The van der Waals surface area contributed by atoms with Crippen LogP contribution in [-0.4, -0.2) is 49.6 Å². The van der Waals surface area contributed by atoms with Crippen molar-refractivity contribution in [2.75, 3.05) is 0 Å². The molecule has 0 aromatic carbocycles. The number of aliphatic hydroxyl groups excluding tert-OH is 3. The molecule has 0 aliphatic rings. The fraction of sp³-hybridized carbons (Fsp3) is 0.759. The van der Waals surface area contributed by atoms with E-state index < -0.39 is 30.4 Å². The Balaban J connectivity index is 1.72.